The van der Waals surface area contributed by atoms with Crippen molar-refractivity contribution in [3.8, 4) is 0 Å². The SMILES string of the molecule is CC(C)NC(=O)NC(=O)CS. The molecule has 0 spiro atoms. The lowest BCUT2D eigenvalue weighted by molar-refractivity contribution is -0.117. The molecule has 4 nitrogen and oxygen atoms in total. The summed E-state index contributed by atoms with van der Waals surface area (Å²) in [7, 11) is 0. The average molecular weight is 176 g/mol. The number of amides is 3. The number of urea groups is 1. The van der Waals surface area contributed by atoms with Crippen molar-refractivity contribution in [2.24, 2.45) is 0 Å². The molecule has 0 aromatic carbocycles. The van der Waals surface area contributed by atoms with Gasteiger partial charge in [-0.1, -0.05) is 0 Å². The summed E-state index contributed by atoms with van der Waals surface area (Å²) in [6.07, 6.45) is 0. The minimum Gasteiger partial charge on any atom is -0.336 e. The van der Waals surface area contributed by atoms with Crippen LogP contribution in [0.3, 0.4) is 0 Å². The standard InChI is InChI=1S/C6H12N2O2S/c1-4(2)7-6(10)8-5(9)3-11/h4,11H,3H2,1-2H3,(H2,7,8,9,10). The number of hydrogen-bond acceptors (Lipinski definition) is 3. The number of carbonyl (C=O) groups excluding carboxylic acids is 2. The van der Waals surface area contributed by atoms with Crippen LogP contribution in [0.5, 0.6) is 0 Å². The second kappa shape index (κ2) is 5.01. The van der Waals surface area contributed by atoms with Gasteiger partial charge in [0.15, 0.2) is 0 Å². The topological polar surface area (TPSA) is 58.2 Å². The zero-order valence-corrected chi connectivity index (χ0v) is 7.44. The van der Waals surface area contributed by atoms with E-state index < -0.39 is 11.9 Å². The van der Waals surface area contributed by atoms with Gasteiger partial charge in [-0.25, -0.2) is 4.79 Å². The first kappa shape index (κ1) is 10.3. The van der Waals surface area contributed by atoms with Crippen molar-refractivity contribution in [1.29, 1.82) is 0 Å². The van der Waals surface area contributed by atoms with E-state index in [1.807, 2.05) is 13.8 Å². The monoisotopic (exact) mass is 176 g/mol. The molecule has 0 saturated carbocycles. The summed E-state index contributed by atoms with van der Waals surface area (Å²) in [5, 5.41) is 4.60. The third kappa shape index (κ3) is 5.72. The van der Waals surface area contributed by atoms with Crippen LogP contribution in [0.25, 0.3) is 0 Å². The molecule has 0 aliphatic rings. The first-order chi connectivity index (χ1) is 5.06. The van der Waals surface area contributed by atoms with E-state index in [4.69, 9.17) is 0 Å². The van der Waals surface area contributed by atoms with Gasteiger partial charge in [-0.15, -0.1) is 0 Å². The first-order valence-electron chi connectivity index (χ1n) is 3.27. The third-order valence-electron chi connectivity index (χ3n) is 0.816. The Morgan fingerprint density at radius 1 is 1.45 bits per heavy atom. The number of imide groups is 1. The van der Waals surface area contributed by atoms with Gasteiger partial charge in [-0.2, -0.15) is 12.6 Å². The van der Waals surface area contributed by atoms with Gasteiger partial charge in [0, 0.05) is 6.04 Å². The fourth-order valence-electron chi connectivity index (χ4n) is 0.464. The first-order valence-corrected chi connectivity index (χ1v) is 3.90. The van der Waals surface area contributed by atoms with E-state index in [1.165, 1.54) is 0 Å². The molecule has 64 valence electrons. The van der Waals surface area contributed by atoms with Crippen LogP contribution in [0, 0.1) is 0 Å². The second-order valence-corrected chi connectivity index (χ2v) is 2.65. The van der Waals surface area contributed by atoms with Gasteiger partial charge in [0.05, 0.1) is 5.75 Å². The van der Waals surface area contributed by atoms with E-state index in [2.05, 4.69) is 23.3 Å². The van der Waals surface area contributed by atoms with Crippen LogP contribution in [-0.4, -0.2) is 23.7 Å². The highest BCUT2D eigenvalue weighted by molar-refractivity contribution is 7.81. The molecule has 0 heterocycles. The number of rotatable bonds is 2. The van der Waals surface area contributed by atoms with Crippen molar-refractivity contribution in [1.82, 2.24) is 10.6 Å². The molecule has 0 rings (SSSR count). The zero-order chi connectivity index (χ0) is 8.85. The summed E-state index contributed by atoms with van der Waals surface area (Å²) in [4.78, 5) is 21.3. The Hall–Kier alpha value is -0.710. The minimum atomic E-state index is -0.473. The van der Waals surface area contributed by atoms with E-state index in [9.17, 15) is 9.59 Å². The normalized spacial score (nSPS) is 9.45. The molecule has 0 unspecified atom stereocenters. The summed E-state index contributed by atoms with van der Waals surface area (Å²) in [6.45, 7) is 3.62. The highest BCUT2D eigenvalue weighted by Gasteiger charge is 2.05. The molecule has 0 radical (unpaired) electrons. The third-order valence-corrected chi connectivity index (χ3v) is 1.10. The van der Waals surface area contributed by atoms with Crippen LogP contribution in [0.4, 0.5) is 4.79 Å². The van der Waals surface area contributed by atoms with Crippen molar-refractivity contribution in [3.63, 3.8) is 0 Å². The van der Waals surface area contributed by atoms with Crippen LogP contribution in [0.2, 0.25) is 0 Å². The maximum absolute atomic E-state index is 10.7. The van der Waals surface area contributed by atoms with Gasteiger partial charge >= 0.3 is 6.03 Å². The van der Waals surface area contributed by atoms with E-state index in [1.54, 1.807) is 0 Å². The Balaban J connectivity index is 3.61. The Labute approximate surface area is 71.1 Å². The average Bonchev–Trinajstić information content (AvgIpc) is 1.85. The number of nitrogens with one attached hydrogen (secondary N) is 2. The van der Waals surface area contributed by atoms with E-state index in [-0.39, 0.29) is 11.8 Å². The van der Waals surface area contributed by atoms with Crippen LogP contribution in [-0.2, 0) is 4.79 Å². The van der Waals surface area contributed by atoms with Gasteiger partial charge in [0.1, 0.15) is 0 Å². The highest BCUT2D eigenvalue weighted by Crippen LogP contribution is 1.77. The number of hydrogen-bond donors (Lipinski definition) is 3. The predicted octanol–water partition coefficient (Wildman–Crippen LogP) is 0.150. The van der Waals surface area contributed by atoms with Crippen LogP contribution < -0.4 is 10.6 Å². The molecule has 0 aromatic heterocycles. The number of carbonyl (C=O) groups is 2. The Morgan fingerprint density at radius 3 is 2.36 bits per heavy atom. The lowest BCUT2D eigenvalue weighted by Gasteiger charge is -2.07. The van der Waals surface area contributed by atoms with Gasteiger partial charge in [0.25, 0.3) is 0 Å². The fourth-order valence-corrected chi connectivity index (χ4v) is 0.543. The molecule has 5 heteroatoms. The van der Waals surface area contributed by atoms with E-state index in [0.717, 1.165) is 0 Å². The minimum absolute atomic E-state index is 0.0194. The lowest BCUT2D eigenvalue weighted by Crippen LogP contribution is -2.42. The second-order valence-electron chi connectivity index (χ2n) is 2.33. The van der Waals surface area contributed by atoms with E-state index >= 15 is 0 Å². The predicted molar refractivity (Wildman–Crippen MR) is 45.7 cm³/mol. The summed E-state index contributed by atoms with van der Waals surface area (Å²) in [5.41, 5.74) is 0. The summed E-state index contributed by atoms with van der Waals surface area (Å²) >= 11 is 3.69. The molecule has 0 atom stereocenters. The maximum Gasteiger partial charge on any atom is 0.321 e. The van der Waals surface area contributed by atoms with Crippen molar-refractivity contribution in [3.05, 3.63) is 0 Å². The quantitative estimate of drug-likeness (QED) is 0.524. The van der Waals surface area contributed by atoms with Gasteiger partial charge < -0.3 is 5.32 Å². The zero-order valence-electron chi connectivity index (χ0n) is 6.55. The van der Waals surface area contributed by atoms with Crippen LogP contribution in [0.1, 0.15) is 13.8 Å². The molecular formula is C6H12N2O2S. The largest absolute Gasteiger partial charge is 0.336 e. The molecule has 3 amide bonds. The Morgan fingerprint density at radius 2 is 2.00 bits per heavy atom. The van der Waals surface area contributed by atoms with Crippen molar-refractivity contribution in [2.75, 3.05) is 5.75 Å². The molecule has 0 aliphatic carbocycles. The van der Waals surface area contributed by atoms with E-state index in [0.29, 0.717) is 0 Å². The van der Waals surface area contributed by atoms with Gasteiger partial charge in [-0.05, 0) is 13.8 Å². The van der Waals surface area contributed by atoms with Gasteiger partial charge in [-0.3, -0.25) is 10.1 Å². The smallest absolute Gasteiger partial charge is 0.321 e. The fraction of sp³-hybridized carbons (Fsp3) is 0.667. The van der Waals surface area contributed by atoms with Crippen molar-refractivity contribution < 1.29 is 9.59 Å². The molecule has 0 aliphatic heterocycles. The lowest BCUT2D eigenvalue weighted by atomic mass is 10.4. The van der Waals surface area contributed by atoms with Crippen molar-refractivity contribution >= 4 is 24.6 Å². The highest BCUT2D eigenvalue weighted by atomic mass is 32.1. The molecule has 0 bridgehead atoms. The van der Waals surface area contributed by atoms with Crippen LogP contribution >= 0.6 is 12.6 Å². The molecule has 2 N–H and O–H groups in total. The Kier molecular flexibility index (Phi) is 4.69. The summed E-state index contributed by atoms with van der Waals surface area (Å²) in [6, 6.07) is -0.443. The molecular weight excluding hydrogens is 164 g/mol. The maximum atomic E-state index is 10.7. The van der Waals surface area contributed by atoms with Crippen LogP contribution in [0.15, 0.2) is 0 Å². The summed E-state index contributed by atoms with van der Waals surface area (Å²) in [5.74, 6) is -0.377. The Bertz CT molecular complexity index is 159. The number of thiol groups is 1. The van der Waals surface area contributed by atoms with Crippen molar-refractivity contribution in [2.45, 2.75) is 19.9 Å². The molecule has 0 fully saturated rings. The van der Waals surface area contributed by atoms with Gasteiger partial charge in [0.2, 0.25) is 5.91 Å². The molecule has 0 saturated heterocycles. The molecule has 0 aromatic rings. The molecule has 11 heavy (non-hydrogen) atoms. The summed E-state index contributed by atoms with van der Waals surface area (Å²) < 4.78 is 0.